The number of nitriles is 1. The van der Waals surface area contributed by atoms with Gasteiger partial charge < -0.3 is 0 Å². The monoisotopic (exact) mass is 168 g/mol. The summed E-state index contributed by atoms with van der Waals surface area (Å²) in [6.45, 7) is 1.25. The van der Waals surface area contributed by atoms with Crippen LogP contribution in [0, 0.1) is 23.7 Å². The van der Waals surface area contributed by atoms with E-state index in [0.29, 0.717) is 0 Å². The van der Waals surface area contributed by atoms with Crippen LogP contribution < -0.4 is 0 Å². The first-order chi connectivity index (χ1) is 4.96. The van der Waals surface area contributed by atoms with Crippen LogP contribution in [-0.4, -0.2) is 5.92 Å². The molecule has 0 saturated heterocycles. The van der Waals surface area contributed by atoms with E-state index in [0.717, 1.165) is 6.07 Å². The van der Waals surface area contributed by atoms with Gasteiger partial charge in [-0.3, -0.25) is 0 Å². The highest BCUT2D eigenvalue weighted by atomic mass is 19.3. The van der Waals surface area contributed by atoms with Crippen molar-refractivity contribution in [3.05, 3.63) is 6.43 Å². The predicted molar refractivity (Wildman–Crippen MR) is 29.8 cm³/mol. The Hall–Kier alpha value is -0.790. The quantitative estimate of drug-likeness (QED) is 0.594. The van der Waals surface area contributed by atoms with Crippen LogP contribution in [0.4, 0.5) is 17.6 Å². The molecule has 1 radical (unpaired) electrons. The second-order valence-corrected chi connectivity index (χ2v) is 1.97. The van der Waals surface area contributed by atoms with E-state index >= 15 is 0 Å². The van der Waals surface area contributed by atoms with E-state index in [1.54, 1.807) is 0 Å². The highest BCUT2D eigenvalue weighted by Crippen LogP contribution is 2.37. The van der Waals surface area contributed by atoms with Gasteiger partial charge in [0.2, 0.25) is 0 Å². The van der Waals surface area contributed by atoms with Crippen LogP contribution in [0.25, 0.3) is 0 Å². The average molecular weight is 168 g/mol. The maximum Gasteiger partial charge on any atom is 0.379 e. The van der Waals surface area contributed by atoms with Gasteiger partial charge in [0.05, 0.1) is 6.07 Å². The fourth-order valence-corrected chi connectivity index (χ4v) is 0.560. The molecule has 0 saturated carbocycles. The second kappa shape index (κ2) is 3.56. The molecule has 0 aromatic carbocycles. The predicted octanol–water partition coefficient (Wildman–Crippen LogP) is 2.60. The zero-order chi connectivity index (χ0) is 9.07. The fourth-order valence-electron chi connectivity index (χ4n) is 0.560. The zero-order valence-corrected chi connectivity index (χ0v) is 5.74. The smallest absolute Gasteiger partial charge is 0.198 e. The molecule has 0 aliphatic heterocycles. The van der Waals surface area contributed by atoms with Crippen molar-refractivity contribution in [2.45, 2.75) is 19.3 Å². The molecule has 1 atom stereocenters. The molecule has 0 spiro atoms. The molecule has 11 heavy (non-hydrogen) atoms. The lowest BCUT2D eigenvalue weighted by Crippen LogP contribution is -2.30. The van der Waals surface area contributed by atoms with Gasteiger partial charge in [0.15, 0.2) is 0 Å². The fraction of sp³-hybridized carbons (Fsp3) is 0.667. The van der Waals surface area contributed by atoms with Crippen LogP contribution in [0.15, 0.2) is 0 Å². The molecule has 0 aromatic heterocycles. The first-order valence-electron chi connectivity index (χ1n) is 2.92. The number of alkyl halides is 2. The summed E-state index contributed by atoms with van der Waals surface area (Å²) in [6.07, 6.45) is -3.29. The first kappa shape index (κ1) is 10.2. The summed E-state index contributed by atoms with van der Waals surface area (Å²) >= 11 is 0. The van der Waals surface area contributed by atoms with Crippen LogP contribution in [-0.2, 0) is 0 Å². The number of nitrogens with zero attached hydrogens (tertiary/aromatic N) is 1. The third kappa shape index (κ3) is 2.07. The first-order valence-corrected chi connectivity index (χ1v) is 2.92. The molecule has 1 nitrogen and oxygen atoms in total. The van der Waals surface area contributed by atoms with Gasteiger partial charge in [-0.15, -0.1) is 0 Å². The lowest BCUT2D eigenvalue weighted by atomic mass is 10.0. The lowest BCUT2D eigenvalue weighted by Gasteiger charge is -2.17. The Morgan fingerprint density at radius 2 is 2.00 bits per heavy atom. The minimum absolute atomic E-state index is 0.291. The SMILES string of the molecule is CCC(C#N)C(F)(F)[C](F)F. The number of rotatable bonds is 3. The largest absolute Gasteiger partial charge is 0.379 e. The van der Waals surface area contributed by atoms with Gasteiger partial charge in [0.1, 0.15) is 5.92 Å². The minimum atomic E-state index is -4.26. The summed E-state index contributed by atoms with van der Waals surface area (Å²) in [5.74, 6) is -6.18. The van der Waals surface area contributed by atoms with Crippen molar-refractivity contribution < 1.29 is 17.6 Å². The van der Waals surface area contributed by atoms with Crippen LogP contribution in [0.2, 0.25) is 0 Å². The summed E-state index contributed by atoms with van der Waals surface area (Å²) in [5, 5.41) is 8.03. The molecule has 0 N–H and O–H groups in total. The maximum absolute atomic E-state index is 12.2. The topological polar surface area (TPSA) is 23.8 Å². The minimum Gasteiger partial charge on any atom is -0.198 e. The lowest BCUT2D eigenvalue weighted by molar-refractivity contribution is -0.0898. The molecule has 0 aliphatic rings. The highest BCUT2D eigenvalue weighted by Gasteiger charge is 2.49. The van der Waals surface area contributed by atoms with Crippen LogP contribution >= 0.6 is 0 Å². The molecule has 0 bridgehead atoms. The molecule has 0 rings (SSSR count). The third-order valence-electron chi connectivity index (χ3n) is 1.25. The van der Waals surface area contributed by atoms with Crippen LogP contribution in [0.5, 0.6) is 0 Å². The van der Waals surface area contributed by atoms with Gasteiger partial charge in [0.25, 0.3) is 0 Å². The van der Waals surface area contributed by atoms with E-state index in [1.165, 1.54) is 6.92 Å². The van der Waals surface area contributed by atoms with Crippen molar-refractivity contribution >= 4 is 0 Å². The Labute approximate surface area is 61.6 Å². The van der Waals surface area contributed by atoms with E-state index < -0.39 is 18.3 Å². The van der Waals surface area contributed by atoms with Gasteiger partial charge in [-0.05, 0) is 6.42 Å². The number of hydrogen-bond donors (Lipinski definition) is 0. The Balaban J connectivity index is 4.40. The molecule has 1 unspecified atom stereocenters. The van der Waals surface area contributed by atoms with Crippen molar-refractivity contribution in [2.24, 2.45) is 5.92 Å². The average Bonchev–Trinajstić information content (AvgIpc) is 1.89. The summed E-state index contributed by atoms with van der Waals surface area (Å²) < 4.78 is 47.3. The normalized spacial score (nSPS) is 14.6. The summed E-state index contributed by atoms with van der Waals surface area (Å²) in [6, 6.07) is 1.12. The second-order valence-electron chi connectivity index (χ2n) is 1.97. The Kier molecular flexibility index (Phi) is 3.30. The number of halogens is 4. The van der Waals surface area contributed by atoms with Crippen LogP contribution in [0.1, 0.15) is 13.3 Å². The maximum atomic E-state index is 12.2. The van der Waals surface area contributed by atoms with Crippen molar-refractivity contribution in [3.63, 3.8) is 0 Å². The van der Waals surface area contributed by atoms with Crippen LogP contribution in [0.3, 0.4) is 0 Å². The number of hydrogen-bond acceptors (Lipinski definition) is 1. The van der Waals surface area contributed by atoms with E-state index in [-0.39, 0.29) is 6.42 Å². The summed E-state index contributed by atoms with van der Waals surface area (Å²) in [4.78, 5) is 0. The molecule has 0 heterocycles. The van der Waals surface area contributed by atoms with Gasteiger partial charge in [-0.25, -0.2) is 0 Å². The molecule has 0 amide bonds. The Morgan fingerprint density at radius 3 is 2.09 bits per heavy atom. The summed E-state index contributed by atoms with van der Waals surface area (Å²) in [5.41, 5.74) is 0. The van der Waals surface area contributed by atoms with Crippen molar-refractivity contribution in [1.29, 1.82) is 5.26 Å². The van der Waals surface area contributed by atoms with Gasteiger partial charge in [-0.2, -0.15) is 22.8 Å². The van der Waals surface area contributed by atoms with Gasteiger partial charge in [0, 0.05) is 0 Å². The van der Waals surface area contributed by atoms with Crippen molar-refractivity contribution in [3.8, 4) is 6.07 Å². The molecule has 5 heteroatoms. The van der Waals surface area contributed by atoms with Crippen molar-refractivity contribution in [1.82, 2.24) is 0 Å². The Morgan fingerprint density at radius 1 is 1.55 bits per heavy atom. The van der Waals surface area contributed by atoms with Crippen molar-refractivity contribution in [2.75, 3.05) is 0 Å². The van der Waals surface area contributed by atoms with Gasteiger partial charge in [-0.1, -0.05) is 6.92 Å². The molecular formula is C6H6F4N. The van der Waals surface area contributed by atoms with E-state index in [9.17, 15) is 17.6 Å². The van der Waals surface area contributed by atoms with E-state index in [2.05, 4.69) is 0 Å². The third-order valence-corrected chi connectivity index (χ3v) is 1.25. The summed E-state index contributed by atoms with van der Waals surface area (Å²) in [7, 11) is 0. The Bertz CT molecular complexity index is 160. The molecule has 0 aromatic rings. The zero-order valence-electron chi connectivity index (χ0n) is 5.74. The van der Waals surface area contributed by atoms with E-state index in [1.807, 2.05) is 0 Å². The molecule has 63 valence electrons. The highest BCUT2D eigenvalue weighted by molar-refractivity contribution is 4.99. The molecular weight excluding hydrogens is 162 g/mol. The standard InChI is InChI=1S/C6H6F4N/c1-2-4(3-11)6(9,10)5(7)8/h4H,2H2,1H3. The van der Waals surface area contributed by atoms with Gasteiger partial charge >= 0.3 is 12.3 Å². The molecule has 0 fully saturated rings. The van der Waals surface area contributed by atoms with E-state index in [4.69, 9.17) is 5.26 Å². The molecule has 0 aliphatic carbocycles.